The predicted octanol–water partition coefficient (Wildman–Crippen LogP) is 3.98. The van der Waals surface area contributed by atoms with Crippen molar-refractivity contribution in [2.45, 2.75) is 30.8 Å². The zero-order chi connectivity index (χ0) is 15.8. The van der Waals surface area contributed by atoms with Crippen LogP contribution in [0.15, 0.2) is 47.9 Å². The fraction of sp³-hybridized carbons (Fsp3) is 0.278. The topological polar surface area (TPSA) is 47.8 Å². The summed E-state index contributed by atoms with van der Waals surface area (Å²) in [5.41, 5.74) is 2.51. The van der Waals surface area contributed by atoms with Crippen LogP contribution in [0.2, 0.25) is 0 Å². The van der Waals surface area contributed by atoms with E-state index in [-0.39, 0.29) is 5.78 Å². The molecule has 1 aromatic heterocycles. The molecule has 0 spiro atoms. The van der Waals surface area contributed by atoms with E-state index in [9.17, 15) is 4.79 Å². The third kappa shape index (κ3) is 2.77. The average molecular weight is 323 g/mol. The first-order valence-corrected chi connectivity index (χ1v) is 8.77. The summed E-state index contributed by atoms with van der Waals surface area (Å²) in [4.78, 5) is 11.2. The highest BCUT2D eigenvalue weighted by Gasteiger charge is 2.26. The summed E-state index contributed by atoms with van der Waals surface area (Å²) in [6.07, 6.45) is 4.30. The minimum Gasteiger partial charge on any atom is -0.299 e. The summed E-state index contributed by atoms with van der Waals surface area (Å²) >= 11 is 1.43. The lowest BCUT2D eigenvalue weighted by atomic mass is 9.99. The standard InChI is InChI=1S/C18H17N3OS/c1-12(22)10-23-18-20-19-11-21(18)17-9-8-14(13-6-7-13)15-4-2-3-5-16(15)17/h2-5,8-9,11,13H,6-7,10H2,1H3. The molecule has 2 aromatic carbocycles. The van der Waals surface area contributed by atoms with Crippen molar-refractivity contribution in [2.75, 3.05) is 5.75 Å². The molecule has 0 atom stereocenters. The van der Waals surface area contributed by atoms with Crippen LogP contribution in [0.1, 0.15) is 31.2 Å². The number of aromatic nitrogens is 3. The number of Topliss-reactive ketones (excluding diaryl/α,β-unsaturated/α-hetero) is 1. The number of benzene rings is 2. The number of rotatable bonds is 5. The normalized spacial score (nSPS) is 14.3. The number of carbonyl (C=O) groups is 1. The molecule has 1 saturated carbocycles. The first-order chi connectivity index (χ1) is 11.2. The summed E-state index contributed by atoms with van der Waals surface area (Å²) in [5, 5.41) is 11.5. The first kappa shape index (κ1) is 14.5. The minimum absolute atomic E-state index is 0.137. The molecule has 0 N–H and O–H groups in total. The van der Waals surface area contributed by atoms with Crippen molar-refractivity contribution < 1.29 is 4.79 Å². The number of ketones is 1. The van der Waals surface area contributed by atoms with Gasteiger partial charge in [-0.15, -0.1) is 10.2 Å². The molecule has 0 unspecified atom stereocenters. The summed E-state index contributed by atoms with van der Waals surface area (Å²) in [6, 6.07) is 12.9. The zero-order valence-corrected chi connectivity index (χ0v) is 13.7. The number of carbonyl (C=O) groups excluding carboxylic acids is 1. The minimum atomic E-state index is 0.137. The Morgan fingerprint density at radius 1 is 1.22 bits per heavy atom. The Morgan fingerprint density at radius 2 is 2.00 bits per heavy atom. The van der Waals surface area contributed by atoms with Gasteiger partial charge in [0.1, 0.15) is 12.1 Å². The molecular weight excluding hydrogens is 306 g/mol. The van der Waals surface area contributed by atoms with Crippen LogP contribution >= 0.6 is 11.8 Å². The molecule has 1 aliphatic rings. The molecule has 1 aliphatic carbocycles. The number of thioether (sulfide) groups is 1. The Balaban J connectivity index is 1.82. The maximum absolute atomic E-state index is 11.2. The molecule has 1 fully saturated rings. The molecule has 0 radical (unpaired) electrons. The summed E-state index contributed by atoms with van der Waals surface area (Å²) in [5.74, 6) is 1.26. The van der Waals surface area contributed by atoms with Crippen LogP contribution in [-0.4, -0.2) is 26.3 Å². The van der Waals surface area contributed by atoms with Crippen LogP contribution in [0.25, 0.3) is 16.5 Å². The molecule has 0 aliphatic heterocycles. The molecule has 1 heterocycles. The van der Waals surface area contributed by atoms with Crippen LogP contribution in [0.3, 0.4) is 0 Å². The molecule has 0 amide bonds. The third-order valence-electron chi connectivity index (χ3n) is 4.13. The molecular formula is C18H17N3OS. The predicted molar refractivity (Wildman–Crippen MR) is 92.2 cm³/mol. The zero-order valence-electron chi connectivity index (χ0n) is 12.9. The second-order valence-corrected chi connectivity index (χ2v) is 6.91. The maximum atomic E-state index is 11.2. The second kappa shape index (κ2) is 5.81. The van der Waals surface area contributed by atoms with Crippen molar-refractivity contribution in [3.05, 3.63) is 48.3 Å². The lowest BCUT2D eigenvalue weighted by molar-refractivity contribution is -0.114. The molecule has 0 saturated heterocycles. The van der Waals surface area contributed by atoms with Crippen molar-refractivity contribution in [1.82, 2.24) is 14.8 Å². The van der Waals surface area contributed by atoms with E-state index in [0.29, 0.717) is 11.7 Å². The van der Waals surface area contributed by atoms with E-state index in [4.69, 9.17) is 0 Å². The van der Waals surface area contributed by atoms with E-state index >= 15 is 0 Å². The fourth-order valence-electron chi connectivity index (χ4n) is 2.92. The monoisotopic (exact) mass is 323 g/mol. The highest BCUT2D eigenvalue weighted by Crippen LogP contribution is 2.44. The van der Waals surface area contributed by atoms with Gasteiger partial charge in [-0.05, 0) is 42.7 Å². The highest BCUT2D eigenvalue weighted by molar-refractivity contribution is 7.99. The molecule has 5 heteroatoms. The Hall–Kier alpha value is -2.14. The van der Waals surface area contributed by atoms with Gasteiger partial charge in [-0.2, -0.15) is 0 Å². The molecule has 4 rings (SSSR count). The molecule has 3 aromatic rings. The van der Waals surface area contributed by atoms with Crippen LogP contribution in [0.5, 0.6) is 0 Å². The Labute approximate surface area is 138 Å². The summed E-state index contributed by atoms with van der Waals surface area (Å²) in [7, 11) is 0. The highest BCUT2D eigenvalue weighted by atomic mass is 32.2. The Bertz CT molecular complexity index is 883. The smallest absolute Gasteiger partial charge is 0.196 e. The van der Waals surface area contributed by atoms with Gasteiger partial charge in [0.2, 0.25) is 0 Å². The Morgan fingerprint density at radius 3 is 2.74 bits per heavy atom. The fourth-order valence-corrected chi connectivity index (χ4v) is 3.64. The van der Waals surface area contributed by atoms with E-state index in [1.807, 2.05) is 4.57 Å². The van der Waals surface area contributed by atoms with Crippen molar-refractivity contribution in [3.63, 3.8) is 0 Å². The Kier molecular flexibility index (Phi) is 3.65. The average Bonchev–Trinajstić information content (AvgIpc) is 3.30. The quantitative estimate of drug-likeness (QED) is 0.666. The van der Waals surface area contributed by atoms with Gasteiger partial charge in [0.05, 0.1) is 11.4 Å². The van der Waals surface area contributed by atoms with E-state index < -0.39 is 0 Å². The van der Waals surface area contributed by atoms with E-state index in [2.05, 4.69) is 46.6 Å². The van der Waals surface area contributed by atoms with Gasteiger partial charge < -0.3 is 0 Å². The van der Waals surface area contributed by atoms with Crippen molar-refractivity contribution in [1.29, 1.82) is 0 Å². The van der Waals surface area contributed by atoms with Crippen molar-refractivity contribution in [2.24, 2.45) is 0 Å². The number of nitrogens with zero attached hydrogens (tertiary/aromatic N) is 3. The maximum Gasteiger partial charge on any atom is 0.196 e. The van der Waals surface area contributed by atoms with Crippen LogP contribution in [0, 0.1) is 0 Å². The number of hydrogen-bond acceptors (Lipinski definition) is 4. The van der Waals surface area contributed by atoms with Gasteiger partial charge in [-0.1, -0.05) is 42.1 Å². The molecule has 23 heavy (non-hydrogen) atoms. The molecule has 0 bridgehead atoms. The summed E-state index contributed by atoms with van der Waals surface area (Å²) < 4.78 is 1.98. The largest absolute Gasteiger partial charge is 0.299 e. The number of fused-ring (bicyclic) bond motifs is 1. The van der Waals surface area contributed by atoms with E-state index in [1.54, 1.807) is 13.3 Å². The van der Waals surface area contributed by atoms with E-state index in [1.165, 1.54) is 40.9 Å². The van der Waals surface area contributed by atoms with Gasteiger partial charge in [0.15, 0.2) is 5.16 Å². The SMILES string of the molecule is CC(=O)CSc1nncn1-c1ccc(C2CC2)c2ccccc12. The van der Waals surface area contributed by atoms with Crippen molar-refractivity contribution >= 4 is 28.3 Å². The van der Waals surface area contributed by atoms with Gasteiger partial charge in [0, 0.05) is 5.39 Å². The molecule has 4 nitrogen and oxygen atoms in total. The number of hydrogen-bond donors (Lipinski definition) is 0. The first-order valence-electron chi connectivity index (χ1n) is 7.78. The van der Waals surface area contributed by atoms with Gasteiger partial charge in [-0.3, -0.25) is 9.36 Å². The van der Waals surface area contributed by atoms with Gasteiger partial charge >= 0.3 is 0 Å². The van der Waals surface area contributed by atoms with E-state index in [0.717, 1.165) is 10.8 Å². The van der Waals surface area contributed by atoms with Crippen LogP contribution < -0.4 is 0 Å². The van der Waals surface area contributed by atoms with Gasteiger partial charge in [0.25, 0.3) is 0 Å². The van der Waals surface area contributed by atoms with Crippen LogP contribution in [0.4, 0.5) is 0 Å². The third-order valence-corrected chi connectivity index (χ3v) is 5.22. The van der Waals surface area contributed by atoms with Gasteiger partial charge in [-0.25, -0.2) is 0 Å². The second-order valence-electron chi connectivity index (χ2n) is 5.97. The molecule has 116 valence electrons. The lowest BCUT2D eigenvalue weighted by Gasteiger charge is -2.12. The summed E-state index contributed by atoms with van der Waals surface area (Å²) in [6.45, 7) is 1.59. The van der Waals surface area contributed by atoms with Crippen molar-refractivity contribution in [3.8, 4) is 5.69 Å². The lowest BCUT2D eigenvalue weighted by Crippen LogP contribution is -2.00. The van der Waals surface area contributed by atoms with Crippen LogP contribution in [-0.2, 0) is 4.79 Å².